The highest BCUT2D eigenvalue weighted by molar-refractivity contribution is 7.96. The van der Waals surface area contributed by atoms with Crippen LogP contribution < -0.4 is 0 Å². The van der Waals surface area contributed by atoms with Crippen LogP contribution in [-0.4, -0.2) is 57.6 Å². The molecule has 0 aliphatic carbocycles. The van der Waals surface area contributed by atoms with Crippen molar-refractivity contribution in [3.63, 3.8) is 0 Å². The third-order valence-electron chi connectivity index (χ3n) is 4.88. The van der Waals surface area contributed by atoms with E-state index < -0.39 is 31.0 Å². The first kappa shape index (κ1) is 16.9. The molecule has 0 amide bonds. The van der Waals surface area contributed by atoms with Crippen molar-refractivity contribution < 1.29 is 16.8 Å². The lowest BCUT2D eigenvalue weighted by Crippen LogP contribution is -2.48. The zero-order valence-electron chi connectivity index (χ0n) is 13.3. The van der Waals surface area contributed by atoms with E-state index >= 15 is 0 Å². The van der Waals surface area contributed by atoms with Crippen LogP contribution in [0.1, 0.15) is 24.8 Å². The average molecular weight is 357 g/mol. The van der Waals surface area contributed by atoms with Crippen LogP contribution in [-0.2, 0) is 19.7 Å². The highest BCUT2D eigenvalue weighted by Gasteiger charge is 2.48. The molecule has 0 saturated carbocycles. The van der Waals surface area contributed by atoms with E-state index in [4.69, 9.17) is 0 Å². The number of rotatable bonds is 3. The molecule has 0 bridgehead atoms. The molecule has 2 atom stereocenters. The van der Waals surface area contributed by atoms with E-state index in [2.05, 4.69) is 4.90 Å². The van der Waals surface area contributed by atoms with Gasteiger partial charge in [0.2, 0.25) is 0 Å². The molecule has 2 saturated heterocycles. The fraction of sp³-hybridized carbons (Fsp3) is 0.625. The predicted octanol–water partition coefficient (Wildman–Crippen LogP) is 1.42. The molecular formula is C16H23NO4S2. The Labute approximate surface area is 138 Å². The van der Waals surface area contributed by atoms with Crippen LogP contribution >= 0.6 is 0 Å². The van der Waals surface area contributed by atoms with Gasteiger partial charge < -0.3 is 0 Å². The summed E-state index contributed by atoms with van der Waals surface area (Å²) < 4.78 is 50.3. The second-order valence-corrected chi connectivity index (χ2v) is 11.0. The van der Waals surface area contributed by atoms with Gasteiger partial charge >= 0.3 is 0 Å². The number of nitrogens with zero attached hydrogens (tertiary/aromatic N) is 1. The SMILES string of the molecule is Cc1ccc(S(=O)(=O)C2CS(=O)(=O)CC2N2CCCCC2)cc1. The number of hydrogen-bond donors (Lipinski definition) is 0. The molecule has 0 spiro atoms. The lowest BCUT2D eigenvalue weighted by atomic mass is 10.1. The number of likely N-dealkylation sites (tertiary alicyclic amines) is 1. The second kappa shape index (κ2) is 6.18. The minimum absolute atomic E-state index is 0.0389. The summed E-state index contributed by atoms with van der Waals surface area (Å²) in [5.74, 6) is -0.298. The van der Waals surface area contributed by atoms with Gasteiger partial charge in [-0.3, -0.25) is 4.90 Å². The van der Waals surface area contributed by atoms with Crippen LogP contribution in [0, 0.1) is 6.92 Å². The van der Waals surface area contributed by atoms with Crippen LogP contribution in [0.3, 0.4) is 0 Å². The van der Waals surface area contributed by atoms with Crippen molar-refractivity contribution in [1.29, 1.82) is 0 Å². The topological polar surface area (TPSA) is 71.5 Å². The largest absolute Gasteiger partial charge is 0.298 e. The normalized spacial score (nSPS) is 28.7. The van der Waals surface area contributed by atoms with Crippen molar-refractivity contribution in [2.24, 2.45) is 0 Å². The van der Waals surface area contributed by atoms with Crippen LogP contribution in [0.2, 0.25) is 0 Å². The lowest BCUT2D eigenvalue weighted by molar-refractivity contribution is 0.178. The molecule has 7 heteroatoms. The fourth-order valence-electron chi connectivity index (χ4n) is 3.59. The molecule has 0 radical (unpaired) electrons. The van der Waals surface area contributed by atoms with Gasteiger partial charge in [0.15, 0.2) is 19.7 Å². The zero-order valence-corrected chi connectivity index (χ0v) is 14.9. The summed E-state index contributed by atoms with van der Waals surface area (Å²) in [6.45, 7) is 3.48. The first-order valence-corrected chi connectivity index (χ1v) is 11.4. The quantitative estimate of drug-likeness (QED) is 0.818. The highest BCUT2D eigenvalue weighted by atomic mass is 32.2. The molecule has 1 aromatic rings. The standard InChI is InChI=1S/C16H23NO4S2/c1-13-5-7-14(8-6-13)23(20,21)16-12-22(18,19)11-15(16)17-9-3-2-4-10-17/h5-8,15-16H,2-4,9-12H2,1H3. The van der Waals surface area contributed by atoms with Crippen molar-refractivity contribution in [3.8, 4) is 0 Å². The Kier molecular flexibility index (Phi) is 4.55. The fourth-order valence-corrected chi connectivity index (χ4v) is 8.42. The van der Waals surface area contributed by atoms with E-state index in [1.807, 2.05) is 6.92 Å². The summed E-state index contributed by atoms with van der Waals surface area (Å²) in [5, 5.41) is -0.853. The third kappa shape index (κ3) is 3.46. The van der Waals surface area contributed by atoms with E-state index in [1.54, 1.807) is 24.3 Å². The van der Waals surface area contributed by atoms with Crippen molar-refractivity contribution >= 4 is 19.7 Å². The maximum Gasteiger partial charge on any atom is 0.183 e. The monoisotopic (exact) mass is 357 g/mol. The second-order valence-electron chi connectivity index (χ2n) is 6.64. The van der Waals surface area contributed by atoms with Crippen LogP contribution in [0.5, 0.6) is 0 Å². The molecule has 3 rings (SSSR count). The van der Waals surface area contributed by atoms with Gasteiger partial charge in [0, 0.05) is 6.04 Å². The van der Waals surface area contributed by atoms with Gasteiger partial charge in [-0.15, -0.1) is 0 Å². The minimum Gasteiger partial charge on any atom is -0.298 e. The van der Waals surface area contributed by atoms with E-state index in [0.29, 0.717) is 0 Å². The molecule has 23 heavy (non-hydrogen) atoms. The Bertz CT molecular complexity index is 763. The van der Waals surface area contributed by atoms with E-state index in [9.17, 15) is 16.8 Å². The van der Waals surface area contributed by atoms with Gasteiger partial charge in [0.05, 0.1) is 21.7 Å². The van der Waals surface area contributed by atoms with Crippen LogP contribution in [0.15, 0.2) is 29.2 Å². The molecule has 0 aromatic heterocycles. The summed E-state index contributed by atoms with van der Waals surface area (Å²) in [4.78, 5) is 2.30. The molecule has 2 aliphatic heterocycles. The number of aryl methyl sites for hydroxylation is 1. The van der Waals surface area contributed by atoms with Crippen molar-refractivity contribution in [3.05, 3.63) is 29.8 Å². The maximum absolute atomic E-state index is 13.0. The smallest absolute Gasteiger partial charge is 0.183 e. The van der Waals surface area contributed by atoms with Gasteiger partial charge in [-0.2, -0.15) is 0 Å². The van der Waals surface area contributed by atoms with Gasteiger partial charge in [0.1, 0.15) is 0 Å². The molecular weight excluding hydrogens is 334 g/mol. The molecule has 1 aromatic carbocycles. The summed E-state index contributed by atoms with van der Waals surface area (Å²) in [5.41, 5.74) is 0.982. The highest BCUT2D eigenvalue weighted by Crippen LogP contribution is 2.30. The first-order valence-electron chi connectivity index (χ1n) is 8.05. The zero-order chi connectivity index (χ0) is 16.7. The number of benzene rings is 1. The van der Waals surface area contributed by atoms with Crippen LogP contribution in [0.4, 0.5) is 0 Å². The molecule has 128 valence electrons. The molecule has 2 heterocycles. The number of hydrogen-bond acceptors (Lipinski definition) is 5. The Hall–Kier alpha value is -0.920. The Morgan fingerprint density at radius 2 is 1.61 bits per heavy atom. The first-order chi connectivity index (χ1) is 10.8. The van der Waals surface area contributed by atoms with Gasteiger partial charge in [-0.05, 0) is 45.0 Å². The summed E-state index contributed by atoms with van der Waals surface area (Å²) in [6, 6.07) is 6.27. The summed E-state index contributed by atoms with van der Waals surface area (Å²) in [7, 11) is -6.96. The predicted molar refractivity (Wildman–Crippen MR) is 90.0 cm³/mol. The van der Waals surface area contributed by atoms with Gasteiger partial charge in [-0.25, -0.2) is 16.8 Å². The number of piperidine rings is 1. The average Bonchev–Trinajstić information content (AvgIpc) is 2.85. The molecule has 5 nitrogen and oxygen atoms in total. The summed E-state index contributed by atoms with van der Waals surface area (Å²) in [6.07, 6.45) is 3.15. The van der Waals surface area contributed by atoms with Gasteiger partial charge in [-0.1, -0.05) is 24.1 Å². The summed E-state index contributed by atoms with van der Waals surface area (Å²) >= 11 is 0. The lowest BCUT2D eigenvalue weighted by Gasteiger charge is -2.34. The van der Waals surface area contributed by atoms with Crippen LogP contribution in [0.25, 0.3) is 0 Å². The van der Waals surface area contributed by atoms with E-state index in [0.717, 1.165) is 37.9 Å². The van der Waals surface area contributed by atoms with Crippen molar-refractivity contribution in [1.82, 2.24) is 4.90 Å². The molecule has 2 fully saturated rings. The van der Waals surface area contributed by atoms with Crippen molar-refractivity contribution in [2.45, 2.75) is 42.4 Å². The Balaban J connectivity index is 1.95. The molecule has 0 N–H and O–H groups in total. The molecule has 2 aliphatic rings. The Morgan fingerprint density at radius 3 is 2.22 bits per heavy atom. The van der Waals surface area contributed by atoms with Gasteiger partial charge in [0.25, 0.3) is 0 Å². The maximum atomic E-state index is 13.0. The van der Waals surface area contributed by atoms with E-state index in [-0.39, 0.29) is 16.4 Å². The molecule has 2 unspecified atom stereocenters. The van der Waals surface area contributed by atoms with E-state index in [1.165, 1.54) is 0 Å². The third-order valence-corrected chi connectivity index (χ3v) is 9.01. The minimum atomic E-state index is -3.65. The van der Waals surface area contributed by atoms with Crippen molar-refractivity contribution in [2.75, 3.05) is 24.6 Å². The number of sulfone groups is 2. The Morgan fingerprint density at radius 1 is 1.00 bits per heavy atom.